The van der Waals surface area contributed by atoms with E-state index in [0.717, 1.165) is 11.3 Å². The fourth-order valence-electron chi connectivity index (χ4n) is 1.99. The molecule has 2 N–H and O–H groups in total. The van der Waals surface area contributed by atoms with E-state index in [-0.39, 0.29) is 0 Å². The van der Waals surface area contributed by atoms with Crippen molar-refractivity contribution >= 4 is 0 Å². The van der Waals surface area contributed by atoms with Crippen molar-refractivity contribution in [3.63, 3.8) is 0 Å². The fourth-order valence-corrected chi connectivity index (χ4v) is 1.99. The molecule has 0 atom stereocenters. The third-order valence-corrected chi connectivity index (χ3v) is 3.07. The van der Waals surface area contributed by atoms with Crippen molar-refractivity contribution in [1.29, 1.82) is 0 Å². The van der Waals surface area contributed by atoms with Gasteiger partial charge in [-0.1, -0.05) is 42.5 Å². The van der Waals surface area contributed by atoms with Crippen LogP contribution in [0.3, 0.4) is 0 Å². The molecule has 0 bridgehead atoms. The van der Waals surface area contributed by atoms with Crippen molar-refractivity contribution in [2.24, 2.45) is 5.73 Å². The number of nitrogens with two attached hydrogens (primary N) is 1. The summed E-state index contributed by atoms with van der Waals surface area (Å²) >= 11 is 0. The summed E-state index contributed by atoms with van der Waals surface area (Å²) in [4.78, 5) is 8.28. The first kappa shape index (κ1) is 13.3. The Labute approximate surface area is 123 Å². The minimum Gasteiger partial charge on any atom is -0.424 e. The molecule has 0 aliphatic heterocycles. The zero-order chi connectivity index (χ0) is 14.5. The predicted molar refractivity (Wildman–Crippen MR) is 81.9 cm³/mol. The average Bonchev–Trinajstić information content (AvgIpc) is 2.56. The molecule has 0 saturated heterocycles. The summed E-state index contributed by atoms with van der Waals surface area (Å²) in [6.07, 6.45) is 1.64. The average molecular weight is 277 g/mol. The van der Waals surface area contributed by atoms with E-state index in [1.165, 1.54) is 5.56 Å². The summed E-state index contributed by atoms with van der Waals surface area (Å²) < 4.78 is 5.63. The highest BCUT2D eigenvalue weighted by Gasteiger charge is 2.02. The second kappa shape index (κ2) is 6.15. The molecule has 0 aliphatic carbocycles. The van der Waals surface area contributed by atoms with Gasteiger partial charge < -0.3 is 10.5 Å². The highest BCUT2D eigenvalue weighted by molar-refractivity contribution is 5.63. The molecular weight excluding hydrogens is 262 g/mol. The fraction of sp³-hybridized carbons (Fsp3) is 0.0588. The van der Waals surface area contributed by atoms with Crippen molar-refractivity contribution in [2.45, 2.75) is 6.54 Å². The van der Waals surface area contributed by atoms with Crippen LogP contribution in [-0.4, -0.2) is 9.97 Å². The van der Waals surface area contributed by atoms with Gasteiger partial charge in [0.1, 0.15) is 5.75 Å². The Hall–Kier alpha value is -2.72. The van der Waals surface area contributed by atoms with Gasteiger partial charge in [-0.05, 0) is 29.3 Å². The van der Waals surface area contributed by atoms with Gasteiger partial charge in [0.05, 0.1) is 5.69 Å². The largest absolute Gasteiger partial charge is 0.424 e. The Morgan fingerprint density at radius 1 is 0.857 bits per heavy atom. The van der Waals surface area contributed by atoms with E-state index >= 15 is 0 Å². The molecule has 2 aromatic carbocycles. The SMILES string of the molecule is NCc1ccnc(Oc2ccc(-c3ccccc3)cc2)n1. The van der Waals surface area contributed by atoms with Crippen molar-refractivity contribution in [2.75, 3.05) is 0 Å². The molecule has 0 amide bonds. The van der Waals surface area contributed by atoms with Crippen LogP contribution in [0.15, 0.2) is 66.9 Å². The second-order valence-corrected chi connectivity index (χ2v) is 4.53. The molecule has 3 aromatic rings. The first-order valence-corrected chi connectivity index (χ1v) is 6.70. The number of ether oxygens (including phenoxy) is 1. The number of hydrogen-bond donors (Lipinski definition) is 1. The molecule has 4 nitrogen and oxygen atoms in total. The molecule has 0 radical (unpaired) electrons. The molecule has 0 aliphatic rings. The van der Waals surface area contributed by atoms with Gasteiger partial charge in [0.25, 0.3) is 0 Å². The van der Waals surface area contributed by atoms with Gasteiger partial charge in [0.2, 0.25) is 0 Å². The first-order chi connectivity index (χ1) is 10.3. The lowest BCUT2D eigenvalue weighted by atomic mass is 10.1. The van der Waals surface area contributed by atoms with E-state index in [0.29, 0.717) is 18.3 Å². The molecule has 0 saturated carbocycles. The normalized spacial score (nSPS) is 10.3. The lowest BCUT2D eigenvalue weighted by Gasteiger charge is -2.06. The number of nitrogens with zero attached hydrogens (tertiary/aromatic N) is 2. The Morgan fingerprint density at radius 2 is 1.57 bits per heavy atom. The number of hydrogen-bond acceptors (Lipinski definition) is 4. The molecule has 104 valence electrons. The number of rotatable bonds is 4. The Kier molecular flexibility index (Phi) is 3.89. The molecule has 0 spiro atoms. The highest BCUT2D eigenvalue weighted by Crippen LogP contribution is 2.24. The minimum atomic E-state index is 0.311. The van der Waals surface area contributed by atoms with Gasteiger partial charge in [-0.15, -0.1) is 0 Å². The van der Waals surface area contributed by atoms with Crippen molar-refractivity contribution in [1.82, 2.24) is 9.97 Å². The quantitative estimate of drug-likeness (QED) is 0.794. The second-order valence-electron chi connectivity index (χ2n) is 4.53. The van der Waals surface area contributed by atoms with Crippen LogP contribution in [0.25, 0.3) is 11.1 Å². The van der Waals surface area contributed by atoms with Crippen LogP contribution in [0.4, 0.5) is 0 Å². The molecule has 1 heterocycles. The van der Waals surface area contributed by atoms with Gasteiger partial charge in [-0.25, -0.2) is 4.98 Å². The minimum absolute atomic E-state index is 0.311. The van der Waals surface area contributed by atoms with Crippen LogP contribution in [-0.2, 0) is 6.54 Å². The van der Waals surface area contributed by atoms with Gasteiger partial charge >= 0.3 is 6.01 Å². The molecule has 0 unspecified atom stereocenters. The van der Waals surface area contributed by atoms with Crippen molar-refractivity contribution in [3.05, 3.63) is 72.6 Å². The maximum atomic E-state index is 5.63. The van der Waals surface area contributed by atoms with E-state index < -0.39 is 0 Å². The lowest BCUT2D eigenvalue weighted by molar-refractivity contribution is 0.439. The molecule has 3 rings (SSSR count). The molecule has 0 fully saturated rings. The summed E-state index contributed by atoms with van der Waals surface area (Å²) in [5, 5.41) is 0. The highest BCUT2D eigenvalue weighted by atomic mass is 16.5. The Balaban J connectivity index is 1.78. The van der Waals surface area contributed by atoms with Crippen LogP contribution in [0, 0.1) is 0 Å². The Bertz CT molecular complexity index is 712. The molecule has 4 heteroatoms. The van der Waals surface area contributed by atoms with E-state index in [2.05, 4.69) is 22.1 Å². The zero-order valence-corrected chi connectivity index (χ0v) is 11.4. The summed E-state index contributed by atoms with van der Waals surface area (Å²) in [5.74, 6) is 0.698. The van der Waals surface area contributed by atoms with E-state index in [1.807, 2.05) is 42.5 Å². The summed E-state index contributed by atoms with van der Waals surface area (Å²) in [5.41, 5.74) is 8.61. The van der Waals surface area contributed by atoms with Crippen LogP contribution in [0.2, 0.25) is 0 Å². The van der Waals surface area contributed by atoms with Crippen molar-refractivity contribution < 1.29 is 4.74 Å². The van der Waals surface area contributed by atoms with Crippen LogP contribution in [0.5, 0.6) is 11.8 Å². The van der Waals surface area contributed by atoms with Crippen LogP contribution < -0.4 is 10.5 Å². The van der Waals surface area contributed by atoms with E-state index in [4.69, 9.17) is 10.5 Å². The maximum Gasteiger partial charge on any atom is 0.322 e. The Morgan fingerprint density at radius 3 is 2.29 bits per heavy atom. The maximum absolute atomic E-state index is 5.63. The third kappa shape index (κ3) is 3.24. The van der Waals surface area contributed by atoms with Gasteiger partial charge in [0, 0.05) is 12.7 Å². The van der Waals surface area contributed by atoms with Gasteiger partial charge in [-0.2, -0.15) is 4.98 Å². The monoisotopic (exact) mass is 277 g/mol. The summed E-state index contributed by atoms with van der Waals surface area (Å²) in [6, 6.07) is 20.1. The van der Waals surface area contributed by atoms with Gasteiger partial charge in [0.15, 0.2) is 0 Å². The first-order valence-electron chi connectivity index (χ1n) is 6.70. The standard InChI is InChI=1S/C17H15N3O/c18-12-15-10-11-19-17(20-15)21-16-8-6-14(7-9-16)13-4-2-1-3-5-13/h1-11H,12,18H2. The molecule has 1 aromatic heterocycles. The van der Waals surface area contributed by atoms with Gasteiger partial charge in [-0.3, -0.25) is 0 Å². The third-order valence-electron chi connectivity index (χ3n) is 3.07. The topological polar surface area (TPSA) is 61.0 Å². The molecular formula is C17H15N3O. The zero-order valence-electron chi connectivity index (χ0n) is 11.4. The molecule has 21 heavy (non-hydrogen) atoms. The lowest BCUT2D eigenvalue weighted by Crippen LogP contribution is -2.01. The van der Waals surface area contributed by atoms with Crippen molar-refractivity contribution in [3.8, 4) is 22.9 Å². The number of benzene rings is 2. The smallest absolute Gasteiger partial charge is 0.322 e. The number of aromatic nitrogens is 2. The van der Waals surface area contributed by atoms with Crippen LogP contribution in [0.1, 0.15) is 5.69 Å². The van der Waals surface area contributed by atoms with Crippen LogP contribution >= 0.6 is 0 Å². The summed E-state index contributed by atoms with van der Waals surface area (Å²) in [6.45, 7) is 0.367. The summed E-state index contributed by atoms with van der Waals surface area (Å²) in [7, 11) is 0. The van der Waals surface area contributed by atoms with E-state index in [1.54, 1.807) is 12.3 Å². The predicted octanol–water partition coefficient (Wildman–Crippen LogP) is 3.39. The van der Waals surface area contributed by atoms with E-state index in [9.17, 15) is 0 Å².